The summed E-state index contributed by atoms with van der Waals surface area (Å²) in [5.41, 5.74) is 1.15. The van der Waals surface area contributed by atoms with Crippen molar-refractivity contribution in [1.82, 2.24) is 5.32 Å². The van der Waals surface area contributed by atoms with Crippen molar-refractivity contribution in [2.45, 2.75) is 57.9 Å². The van der Waals surface area contributed by atoms with Gasteiger partial charge in [0.1, 0.15) is 6.04 Å². The van der Waals surface area contributed by atoms with E-state index in [0.717, 1.165) is 18.4 Å². The normalized spacial score (nSPS) is 12.1. The molecule has 21 heavy (non-hydrogen) atoms. The second-order valence-electron chi connectivity index (χ2n) is 5.47. The lowest BCUT2D eigenvalue weighted by atomic mass is 10.1. The first kappa shape index (κ1) is 17.7. The van der Waals surface area contributed by atoms with Crippen molar-refractivity contribution in [3.8, 4) is 0 Å². The number of carbonyl (C=O) groups is 1. The van der Waals surface area contributed by atoms with Gasteiger partial charge < -0.3 is 10.1 Å². The maximum atomic E-state index is 12.0. The predicted molar refractivity (Wildman–Crippen MR) is 87.3 cm³/mol. The number of esters is 1. The lowest BCUT2D eigenvalue weighted by molar-refractivity contribution is -0.146. The number of hydrogen-bond acceptors (Lipinski definition) is 3. The van der Waals surface area contributed by atoms with Gasteiger partial charge in [0, 0.05) is 0 Å². The van der Waals surface area contributed by atoms with E-state index in [1.54, 1.807) is 7.05 Å². The predicted octanol–water partition coefficient (Wildman–Crippen LogP) is 3.72. The molecule has 0 aliphatic carbocycles. The van der Waals surface area contributed by atoms with Gasteiger partial charge in [0.05, 0.1) is 6.61 Å². The fraction of sp³-hybridized carbons (Fsp3) is 0.611. The summed E-state index contributed by atoms with van der Waals surface area (Å²) in [4.78, 5) is 12.0. The molecule has 0 aromatic heterocycles. The van der Waals surface area contributed by atoms with E-state index in [2.05, 4.69) is 12.2 Å². The Balaban J connectivity index is 2.19. The molecular weight excluding hydrogens is 262 g/mol. The summed E-state index contributed by atoms with van der Waals surface area (Å²) < 4.78 is 5.37. The Bertz CT molecular complexity index is 378. The molecule has 0 radical (unpaired) electrons. The van der Waals surface area contributed by atoms with Crippen molar-refractivity contribution in [2.24, 2.45) is 0 Å². The molecule has 1 rings (SSSR count). The van der Waals surface area contributed by atoms with Crippen LogP contribution in [0.4, 0.5) is 0 Å². The fourth-order valence-electron chi connectivity index (χ4n) is 2.31. The number of benzene rings is 1. The molecule has 0 heterocycles. The van der Waals surface area contributed by atoms with E-state index in [0.29, 0.717) is 13.0 Å². The second kappa shape index (κ2) is 11.3. The van der Waals surface area contributed by atoms with Gasteiger partial charge in [-0.25, -0.2) is 0 Å². The lowest BCUT2D eigenvalue weighted by Gasteiger charge is -2.15. The summed E-state index contributed by atoms with van der Waals surface area (Å²) in [6.07, 6.45) is 7.89. The third-order valence-electron chi connectivity index (χ3n) is 3.66. The minimum atomic E-state index is -0.257. The highest BCUT2D eigenvalue weighted by molar-refractivity contribution is 5.76. The molecule has 0 saturated heterocycles. The standard InChI is InChI=1S/C18H29NO2/c1-3-4-5-6-7-11-14-21-18(20)17(19-2)15-16-12-9-8-10-13-16/h8-10,12-13,17,19H,3-7,11,14-15H2,1-2H3/t17-/m0/s1. The van der Waals surface area contributed by atoms with Gasteiger partial charge in [0.25, 0.3) is 0 Å². The number of unbranched alkanes of at least 4 members (excludes halogenated alkanes) is 5. The van der Waals surface area contributed by atoms with Crippen LogP contribution in [0.2, 0.25) is 0 Å². The Kier molecular flexibility index (Phi) is 9.55. The molecule has 3 nitrogen and oxygen atoms in total. The maximum absolute atomic E-state index is 12.0. The smallest absolute Gasteiger partial charge is 0.323 e. The minimum absolute atomic E-state index is 0.144. The second-order valence-corrected chi connectivity index (χ2v) is 5.47. The first-order chi connectivity index (χ1) is 10.3. The first-order valence-electron chi connectivity index (χ1n) is 8.15. The summed E-state index contributed by atoms with van der Waals surface area (Å²) in [6, 6.07) is 9.77. The molecule has 1 aromatic carbocycles. The molecule has 1 atom stereocenters. The van der Waals surface area contributed by atoms with Crippen LogP contribution in [0.25, 0.3) is 0 Å². The third-order valence-corrected chi connectivity index (χ3v) is 3.66. The summed E-state index contributed by atoms with van der Waals surface area (Å²) in [5.74, 6) is -0.144. The molecule has 118 valence electrons. The van der Waals surface area contributed by atoms with Gasteiger partial charge in [-0.1, -0.05) is 69.4 Å². The van der Waals surface area contributed by atoms with E-state index in [1.807, 2.05) is 30.3 Å². The van der Waals surface area contributed by atoms with Crippen molar-refractivity contribution in [1.29, 1.82) is 0 Å². The summed E-state index contributed by atoms with van der Waals surface area (Å²) in [7, 11) is 1.81. The van der Waals surface area contributed by atoms with Crippen molar-refractivity contribution in [2.75, 3.05) is 13.7 Å². The molecule has 0 spiro atoms. The van der Waals surface area contributed by atoms with E-state index in [1.165, 1.54) is 25.7 Å². The molecule has 0 amide bonds. The van der Waals surface area contributed by atoms with Crippen LogP contribution in [-0.4, -0.2) is 25.7 Å². The Labute approximate surface area is 129 Å². The molecule has 1 N–H and O–H groups in total. The van der Waals surface area contributed by atoms with Crippen LogP contribution in [0.15, 0.2) is 30.3 Å². The van der Waals surface area contributed by atoms with Gasteiger partial charge in [0.2, 0.25) is 0 Å². The van der Waals surface area contributed by atoms with Crippen LogP contribution in [0, 0.1) is 0 Å². The topological polar surface area (TPSA) is 38.3 Å². The zero-order valence-electron chi connectivity index (χ0n) is 13.4. The summed E-state index contributed by atoms with van der Waals surface area (Å²) in [5, 5.41) is 3.04. The molecule has 3 heteroatoms. The highest BCUT2D eigenvalue weighted by Gasteiger charge is 2.18. The van der Waals surface area contributed by atoms with E-state index < -0.39 is 0 Å². The van der Waals surface area contributed by atoms with Crippen LogP contribution in [0.1, 0.15) is 51.0 Å². The minimum Gasteiger partial charge on any atom is -0.465 e. The highest BCUT2D eigenvalue weighted by atomic mass is 16.5. The number of likely N-dealkylation sites (N-methyl/N-ethyl adjacent to an activating group) is 1. The average molecular weight is 291 g/mol. The average Bonchev–Trinajstić information content (AvgIpc) is 2.52. The zero-order chi connectivity index (χ0) is 15.3. The molecule has 0 aliphatic rings. The Hall–Kier alpha value is -1.35. The van der Waals surface area contributed by atoms with Crippen LogP contribution in [-0.2, 0) is 16.0 Å². The molecule has 0 bridgehead atoms. The van der Waals surface area contributed by atoms with Crippen LogP contribution >= 0.6 is 0 Å². The third kappa shape index (κ3) is 7.86. The van der Waals surface area contributed by atoms with Crippen molar-refractivity contribution in [3.63, 3.8) is 0 Å². The van der Waals surface area contributed by atoms with E-state index in [-0.39, 0.29) is 12.0 Å². The van der Waals surface area contributed by atoms with Gasteiger partial charge in [-0.05, 0) is 25.5 Å². The maximum Gasteiger partial charge on any atom is 0.323 e. The number of rotatable bonds is 11. The Morgan fingerprint density at radius 3 is 2.43 bits per heavy atom. The van der Waals surface area contributed by atoms with Gasteiger partial charge in [0.15, 0.2) is 0 Å². The first-order valence-corrected chi connectivity index (χ1v) is 8.15. The number of ether oxygens (including phenoxy) is 1. The lowest BCUT2D eigenvalue weighted by Crippen LogP contribution is -2.37. The van der Waals surface area contributed by atoms with Gasteiger partial charge in [-0.2, -0.15) is 0 Å². The fourth-order valence-corrected chi connectivity index (χ4v) is 2.31. The van der Waals surface area contributed by atoms with Crippen molar-refractivity contribution >= 4 is 5.97 Å². The number of carbonyl (C=O) groups excluding carboxylic acids is 1. The van der Waals surface area contributed by atoms with Gasteiger partial charge >= 0.3 is 5.97 Å². The molecule has 0 fully saturated rings. The van der Waals surface area contributed by atoms with Crippen LogP contribution < -0.4 is 5.32 Å². The monoisotopic (exact) mass is 291 g/mol. The zero-order valence-corrected chi connectivity index (χ0v) is 13.4. The van der Waals surface area contributed by atoms with Crippen molar-refractivity contribution < 1.29 is 9.53 Å². The largest absolute Gasteiger partial charge is 0.465 e. The molecule has 0 unspecified atom stereocenters. The van der Waals surface area contributed by atoms with Crippen molar-refractivity contribution in [3.05, 3.63) is 35.9 Å². The molecular formula is C18H29NO2. The van der Waals surface area contributed by atoms with E-state index >= 15 is 0 Å². The van der Waals surface area contributed by atoms with Gasteiger partial charge in [-0.3, -0.25) is 4.79 Å². The van der Waals surface area contributed by atoms with Gasteiger partial charge in [-0.15, -0.1) is 0 Å². The Morgan fingerprint density at radius 1 is 1.10 bits per heavy atom. The van der Waals surface area contributed by atoms with Crippen LogP contribution in [0.3, 0.4) is 0 Å². The molecule has 0 aliphatic heterocycles. The summed E-state index contributed by atoms with van der Waals surface area (Å²) in [6.45, 7) is 2.75. The number of nitrogens with one attached hydrogen (secondary N) is 1. The molecule has 0 saturated carbocycles. The molecule has 1 aromatic rings. The Morgan fingerprint density at radius 2 is 1.76 bits per heavy atom. The quantitative estimate of drug-likeness (QED) is 0.499. The van der Waals surface area contributed by atoms with E-state index in [9.17, 15) is 4.79 Å². The SMILES string of the molecule is CCCCCCCCOC(=O)[C@H](Cc1ccccc1)NC. The van der Waals surface area contributed by atoms with E-state index in [4.69, 9.17) is 4.74 Å². The summed E-state index contributed by atoms with van der Waals surface area (Å²) >= 11 is 0. The number of hydrogen-bond donors (Lipinski definition) is 1. The van der Waals surface area contributed by atoms with Crippen LogP contribution in [0.5, 0.6) is 0 Å². The highest BCUT2D eigenvalue weighted by Crippen LogP contribution is 2.07.